The van der Waals surface area contributed by atoms with Gasteiger partial charge in [-0.25, -0.2) is 17.7 Å². The van der Waals surface area contributed by atoms with E-state index in [1.54, 1.807) is 4.31 Å². The summed E-state index contributed by atoms with van der Waals surface area (Å²) in [6, 6.07) is 16.0. The average molecular weight is 487 g/mol. The second kappa shape index (κ2) is 10.6. The summed E-state index contributed by atoms with van der Waals surface area (Å²) in [7, 11) is -3.16. The molecular weight excluding hydrogens is 456 g/mol. The van der Waals surface area contributed by atoms with Crippen molar-refractivity contribution < 1.29 is 13.2 Å². The van der Waals surface area contributed by atoms with E-state index in [9.17, 15) is 8.42 Å². The molecule has 33 heavy (non-hydrogen) atoms. The van der Waals surface area contributed by atoms with Crippen molar-refractivity contribution in [2.75, 3.05) is 36.8 Å². The number of rotatable bonds is 8. The van der Waals surface area contributed by atoms with Crippen molar-refractivity contribution in [3.63, 3.8) is 0 Å². The minimum absolute atomic E-state index is 0.213. The molecule has 0 aliphatic carbocycles. The van der Waals surface area contributed by atoms with E-state index in [0.717, 1.165) is 41.0 Å². The average Bonchev–Trinajstić information content (AvgIpc) is 3.10. The molecule has 9 heteroatoms. The van der Waals surface area contributed by atoms with Gasteiger partial charge < -0.3 is 9.64 Å². The number of hydrogen-bond acceptors (Lipinski definition) is 7. The first kappa shape index (κ1) is 23.7. The van der Waals surface area contributed by atoms with Gasteiger partial charge in [-0.1, -0.05) is 36.8 Å². The number of aromatic nitrogens is 2. The van der Waals surface area contributed by atoms with Crippen molar-refractivity contribution in [2.24, 2.45) is 0 Å². The third-order valence-corrected chi connectivity index (χ3v) is 8.47. The van der Waals surface area contributed by atoms with Gasteiger partial charge in [0.15, 0.2) is 0 Å². The lowest BCUT2D eigenvalue weighted by molar-refractivity contribution is 0.432. The van der Waals surface area contributed by atoms with Gasteiger partial charge in [-0.15, -0.1) is 0 Å². The molecule has 3 aromatic rings. The SMILES string of the molecule is CCCS(=O)(=O)N1CCCN(c2nc(Cc3ccc(Oc4ccc(C)cc4)cc3)ns2)CC1. The Labute approximate surface area is 200 Å². The maximum absolute atomic E-state index is 12.4. The van der Waals surface area contributed by atoms with Gasteiger partial charge in [-0.05, 0) is 49.6 Å². The molecule has 1 fully saturated rings. The zero-order valence-electron chi connectivity index (χ0n) is 19.1. The molecule has 0 unspecified atom stereocenters. The fraction of sp³-hybridized carbons (Fsp3) is 0.417. The second-order valence-electron chi connectivity index (χ2n) is 8.28. The van der Waals surface area contributed by atoms with Crippen LogP contribution in [0.2, 0.25) is 0 Å². The highest BCUT2D eigenvalue weighted by atomic mass is 32.2. The van der Waals surface area contributed by atoms with Gasteiger partial charge in [0.05, 0.1) is 5.75 Å². The molecule has 0 spiro atoms. The smallest absolute Gasteiger partial charge is 0.214 e. The lowest BCUT2D eigenvalue weighted by Crippen LogP contribution is -2.36. The predicted octanol–water partition coefficient (Wildman–Crippen LogP) is 4.48. The standard InChI is InChI=1S/C24H30N4O3S2/c1-3-17-33(29,30)28-14-4-13-27(15-16-28)24-25-23(26-32-24)18-20-7-11-22(12-8-20)31-21-9-5-19(2)6-10-21/h5-12H,3-4,13-18H2,1-2H3. The van der Waals surface area contributed by atoms with E-state index >= 15 is 0 Å². The number of aryl methyl sites for hydroxylation is 1. The molecule has 0 saturated carbocycles. The van der Waals surface area contributed by atoms with E-state index in [1.165, 1.54) is 17.1 Å². The summed E-state index contributed by atoms with van der Waals surface area (Å²) in [6.45, 7) is 6.45. The molecule has 4 rings (SSSR count). The van der Waals surface area contributed by atoms with Gasteiger partial charge in [0.2, 0.25) is 15.2 Å². The quantitative estimate of drug-likeness (QED) is 0.467. The Bertz CT molecular complexity index is 1150. The number of hydrogen-bond donors (Lipinski definition) is 0. The first-order valence-electron chi connectivity index (χ1n) is 11.3. The van der Waals surface area contributed by atoms with Crippen LogP contribution in [0.15, 0.2) is 48.5 Å². The summed E-state index contributed by atoms with van der Waals surface area (Å²) in [4.78, 5) is 6.88. The first-order valence-corrected chi connectivity index (χ1v) is 13.7. The van der Waals surface area contributed by atoms with E-state index in [0.29, 0.717) is 32.5 Å². The fourth-order valence-corrected chi connectivity index (χ4v) is 6.07. The molecule has 1 aliphatic rings. The molecular formula is C24H30N4O3S2. The topological polar surface area (TPSA) is 75.6 Å². The number of benzene rings is 2. The zero-order chi connectivity index (χ0) is 23.3. The Morgan fingerprint density at radius 3 is 2.36 bits per heavy atom. The molecule has 1 saturated heterocycles. The second-order valence-corrected chi connectivity index (χ2v) is 11.1. The van der Waals surface area contributed by atoms with Crippen molar-refractivity contribution in [1.82, 2.24) is 13.7 Å². The van der Waals surface area contributed by atoms with Crippen LogP contribution in [0.25, 0.3) is 0 Å². The summed E-state index contributed by atoms with van der Waals surface area (Å²) in [5.41, 5.74) is 2.31. The molecule has 176 valence electrons. The molecule has 0 N–H and O–H groups in total. The summed E-state index contributed by atoms with van der Waals surface area (Å²) in [6.07, 6.45) is 2.08. The Kier molecular flexibility index (Phi) is 7.62. The predicted molar refractivity (Wildman–Crippen MR) is 133 cm³/mol. The van der Waals surface area contributed by atoms with Crippen LogP contribution in [0.1, 0.15) is 36.7 Å². The number of nitrogens with zero attached hydrogens (tertiary/aromatic N) is 4. The van der Waals surface area contributed by atoms with Gasteiger partial charge in [0, 0.05) is 44.1 Å². The summed E-state index contributed by atoms with van der Waals surface area (Å²) in [5.74, 6) is 2.60. The van der Waals surface area contributed by atoms with Crippen LogP contribution in [0, 0.1) is 6.92 Å². The van der Waals surface area contributed by atoms with Crippen molar-refractivity contribution in [2.45, 2.75) is 33.1 Å². The molecule has 0 atom stereocenters. The van der Waals surface area contributed by atoms with E-state index in [4.69, 9.17) is 9.72 Å². The summed E-state index contributed by atoms with van der Waals surface area (Å²) < 4.78 is 36.9. The minimum Gasteiger partial charge on any atom is -0.457 e. The maximum Gasteiger partial charge on any atom is 0.214 e. The van der Waals surface area contributed by atoms with Gasteiger partial charge in [0.1, 0.15) is 17.3 Å². The highest BCUT2D eigenvalue weighted by Crippen LogP contribution is 2.24. The lowest BCUT2D eigenvalue weighted by Gasteiger charge is -2.20. The lowest BCUT2D eigenvalue weighted by atomic mass is 10.1. The normalized spacial score (nSPS) is 15.4. The van der Waals surface area contributed by atoms with Crippen LogP contribution in [0.4, 0.5) is 5.13 Å². The van der Waals surface area contributed by atoms with Gasteiger partial charge in [-0.2, -0.15) is 4.37 Å². The highest BCUT2D eigenvalue weighted by molar-refractivity contribution is 7.89. The molecule has 1 aliphatic heterocycles. The maximum atomic E-state index is 12.4. The monoisotopic (exact) mass is 486 g/mol. The van der Waals surface area contributed by atoms with E-state index in [1.807, 2.05) is 55.5 Å². The number of anilines is 1. The molecule has 0 amide bonds. The van der Waals surface area contributed by atoms with Gasteiger partial charge in [0.25, 0.3) is 0 Å². The molecule has 2 aromatic carbocycles. The van der Waals surface area contributed by atoms with Crippen molar-refractivity contribution in [1.29, 1.82) is 0 Å². The Hall–Kier alpha value is -2.49. The first-order chi connectivity index (χ1) is 15.9. The van der Waals surface area contributed by atoms with Crippen LogP contribution in [-0.2, 0) is 16.4 Å². The highest BCUT2D eigenvalue weighted by Gasteiger charge is 2.25. The van der Waals surface area contributed by atoms with Gasteiger partial charge >= 0.3 is 0 Å². The third kappa shape index (κ3) is 6.31. The summed E-state index contributed by atoms with van der Waals surface area (Å²) in [5, 5.41) is 0.860. The van der Waals surface area contributed by atoms with Crippen molar-refractivity contribution in [3.8, 4) is 11.5 Å². The van der Waals surface area contributed by atoms with Crippen molar-refractivity contribution in [3.05, 3.63) is 65.5 Å². The third-order valence-electron chi connectivity index (χ3n) is 5.58. The Balaban J connectivity index is 1.34. The van der Waals surface area contributed by atoms with Crippen molar-refractivity contribution >= 4 is 26.7 Å². The molecule has 2 heterocycles. The van der Waals surface area contributed by atoms with Crippen LogP contribution in [-0.4, -0.2) is 54.0 Å². The van der Waals surface area contributed by atoms with Gasteiger partial charge in [-0.3, -0.25) is 0 Å². The van der Waals surface area contributed by atoms with E-state index < -0.39 is 10.0 Å². The fourth-order valence-electron chi connectivity index (χ4n) is 3.80. The number of sulfonamides is 1. The van der Waals surface area contributed by atoms with Crippen LogP contribution < -0.4 is 9.64 Å². The molecule has 1 aromatic heterocycles. The molecule has 0 radical (unpaired) electrons. The Morgan fingerprint density at radius 2 is 1.67 bits per heavy atom. The Morgan fingerprint density at radius 1 is 0.970 bits per heavy atom. The largest absolute Gasteiger partial charge is 0.457 e. The van der Waals surface area contributed by atoms with Crippen LogP contribution in [0.5, 0.6) is 11.5 Å². The molecule has 7 nitrogen and oxygen atoms in total. The molecule has 0 bridgehead atoms. The van der Waals surface area contributed by atoms with Crippen LogP contribution >= 0.6 is 11.5 Å². The minimum atomic E-state index is -3.16. The van der Waals surface area contributed by atoms with E-state index in [-0.39, 0.29) is 5.75 Å². The summed E-state index contributed by atoms with van der Waals surface area (Å²) >= 11 is 1.38. The zero-order valence-corrected chi connectivity index (χ0v) is 20.7. The number of ether oxygens (including phenoxy) is 1. The van der Waals surface area contributed by atoms with E-state index in [2.05, 4.69) is 16.2 Å². The van der Waals surface area contributed by atoms with Crippen LogP contribution in [0.3, 0.4) is 0 Å².